The topological polar surface area (TPSA) is 66.1 Å². The third-order valence-electron chi connectivity index (χ3n) is 1.27. The zero-order valence-corrected chi connectivity index (χ0v) is 6.27. The Kier molecular flexibility index (Phi) is 2.42. The predicted octanol–water partition coefficient (Wildman–Crippen LogP) is 0.523. The van der Waals surface area contributed by atoms with Crippen molar-refractivity contribution in [1.82, 2.24) is 4.57 Å². The van der Waals surface area contributed by atoms with E-state index in [9.17, 15) is 4.79 Å². The van der Waals surface area contributed by atoms with Crippen molar-refractivity contribution in [3.8, 4) is 0 Å². The highest BCUT2D eigenvalue weighted by Crippen LogP contribution is 1.82. The van der Waals surface area contributed by atoms with Crippen LogP contribution in [0.4, 0.5) is 0 Å². The normalized spacial score (nSPS) is 10.3. The number of carboxylic acid groups (broad SMARTS) is 1. The summed E-state index contributed by atoms with van der Waals surface area (Å²) in [7, 11) is 0. The van der Waals surface area contributed by atoms with Crippen LogP contribution in [-0.2, 0) is 4.79 Å². The van der Waals surface area contributed by atoms with Crippen molar-refractivity contribution in [3.05, 3.63) is 36.0 Å². The lowest BCUT2D eigenvalue weighted by molar-refractivity contribution is -0.131. The number of nitrogens with one attached hydrogen (secondary N) is 1. The molecule has 0 unspecified atom stereocenters. The minimum atomic E-state index is -1.02. The van der Waals surface area contributed by atoms with E-state index in [1.54, 1.807) is 24.4 Å². The average molecular weight is 164 g/mol. The highest BCUT2D eigenvalue weighted by Gasteiger charge is 1.86. The molecule has 4 nitrogen and oxygen atoms in total. The highest BCUT2D eigenvalue weighted by atomic mass is 16.4. The van der Waals surface area contributed by atoms with E-state index < -0.39 is 5.97 Å². The molecular weight excluding hydrogens is 156 g/mol. The molecule has 0 fully saturated rings. The molecule has 1 rings (SSSR count). The van der Waals surface area contributed by atoms with Gasteiger partial charge in [0.15, 0.2) is 0 Å². The first-order valence-electron chi connectivity index (χ1n) is 3.33. The summed E-state index contributed by atoms with van der Waals surface area (Å²) in [5.41, 5.74) is 0.245. The van der Waals surface area contributed by atoms with Crippen LogP contribution in [0.5, 0.6) is 0 Å². The van der Waals surface area contributed by atoms with Crippen molar-refractivity contribution < 1.29 is 9.90 Å². The summed E-state index contributed by atoms with van der Waals surface area (Å²) in [6.45, 7) is 0. The van der Waals surface area contributed by atoms with Gasteiger partial charge in [-0.05, 0) is 12.1 Å². The van der Waals surface area contributed by atoms with Gasteiger partial charge < -0.3 is 9.67 Å². The fourth-order valence-corrected chi connectivity index (χ4v) is 0.730. The lowest BCUT2D eigenvalue weighted by Gasteiger charge is -1.95. The largest absolute Gasteiger partial charge is 0.478 e. The van der Waals surface area contributed by atoms with Crippen molar-refractivity contribution in [2.45, 2.75) is 0 Å². The Labute approximate surface area is 68.9 Å². The molecule has 4 heteroatoms. The summed E-state index contributed by atoms with van der Waals surface area (Å²) in [6.07, 6.45) is 3.92. The molecule has 0 spiro atoms. The maximum atomic E-state index is 10.1. The maximum Gasteiger partial charge on any atom is 0.329 e. The van der Waals surface area contributed by atoms with Crippen LogP contribution < -0.4 is 5.49 Å². The van der Waals surface area contributed by atoms with Gasteiger partial charge >= 0.3 is 5.97 Å². The van der Waals surface area contributed by atoms with E-state index in [4.69, 9.17) is 10.5 Å². The number of pyridine rings is 1. The fourth-order valence-electron chi connectivity index (χ4n) is 0.730. The van der Waals surface area contributed by atoms with E-state index in [2.05, 4.69) is 0 Å². The zero-order chi connectivity index (χ0) is 8.97. The standard InChI is InChI=1S/C8H8N2O2/c9-7-3-1-2-5-10(7)6-4-8(11)12/h1-6,9H,(H,11,12)/b6-4+,9-7?. The van der Waals surface area contributed by atoms with Gasteiger partial charge in [-0.15, -0.1) is 0 Å². The summed E-state index contributed by atoms with van der Waals surface area (Å²) in [6, 6.07) is 5.02. The lowest BCUT2D eigenvalue weighted by atomic mass is 10.5. The Morgan fingerprint density at radius 2 is 2.33 bits per heavy atom. The van der Waals surface area contributed by atoms with Crippen LogP contribution in [0.15, 0.2) is 30.5 Å². The molecule has 0 aliphatic heterocycles. The molecule has 12 heavy (non-hydrogen) atoms. The van der Waals surface area contributed by atoms with Gasteiger partial charge in [-0.3, -0.25) is 5.41 Å². The molecule has 0 aromatic carbocycles. The SMILES string of the molecule is N=c1ccccn1/C=C/C(=O)O. The molecular formula is C8H8N2O2. The Balaban J connectivity index is 2.97. The van der Waals surface area contributed by atoms with Crippen LogP contribution in [0.3, 0.4) is 0 Å². The van der Waals surface area contributed by atoms with Crippen LogP contribution in [0.1, 0.15) is 0 Å². The average Bonchev–Trinajstić information content (AvgIpc) is 2.03. The number of carbonyl (C=O) groups is 1. The molecule has 0 amide bonds. The number of rotatable bonds is 2. The van der Waals surface area contributed by atoms with Crippen LogP contribution in [0, 0.1) is 5.41 Å². The van der Waals surface area contributed by atoms with Gasteiger partial charge in [0.2, 0.25) is 0 Å². The highest BCUT2D eigenvalue weighted by molar-refractivity contribution is 5.82. The first kappa shape index (κ1) is 8.26. The minimum absolute atomic E-state index is 0.245. The van der Waals surface area contributed by atoms with Crippen molar-refractivity contribution in [1.29, 1.82) is 5.41 Å². The zero-order valence-electron chi connectivity index (χ0n) is 6.27. The van der Waals surface area contributed by atoms with Crippen LogP contribution in [0.2, 0.25) is 0 Å². The number of hydrogen-bond acceptors (Lipinski definition) is 2. The molecule has 0 aliphatic carbocycles. The van der Waals surface area contributed by atoms with Gasteiger partial charge in [-0.25, -0.2) is 4.79 Å². The molecule has 0 aliphatic rings. The van der Waals surface area contributed by atoms with Crippen LogP contribution in [-0.4, -0.2) is 15.6 Å². The van der Waals surface area contributed by atoms with E-state index in [1.165, 1.54) is 10.8 Å². The smallest absolute Gasteiger partial charge is 0.329 e. The van der Waals surface area contributed by atoms with Crippen molar-refractivity contribution in [3.63, 3.8) is 0 Å². The number of carboxylic acids is 1. The fraction of sp³-hybridized carbons (Fsp3) is 0. The number of hydrogen-bond donors (Lipinski definition) is 2. The lowest BCUT2D eigenvalue weighted by Crippen LogP contribution is -2.12. The van der Waals surface area contributed by atoms with Gasteiger partial charge in [0.1, 0.15) is 5.49 Å². The third-order valence-corrected chi connectivity index (χ3v) is 1.27. The maximum absolute atomic E-state index is 10.1. The molecule has 0 bridgehead atoms. The Morgan fingerprint density at radius 3 is 2.92 bits per heavy atom. The van der Waals surface area contributed by atoms with E-state index in [1.807, 2.05) is 0 Å². The number of nitrogens with zero attached hydrogens (tertiary/aromatic N) is 1. The minimum Gasteiger partial charge on any atom is -0.478 e. The Morgan fingerprint density at radius 1 is 1.58 bits per heavy atom. The van der Waals surface area contributed by atoms with Gasteiger partial charge in [0.25, 0.3) is 0 Å². The number of aliphatic carboxylic acids is 1. The van der Waals surface area contributed by atoms with Gasteiger partial charge in [0.05, 0.1) is 0 Å². The summed E-state index contributed by atoms with van der Waals surface area (Å²) in [5.74, 6) is -1.02. The second-order valence-corrected chi connectivity index (χ2v) is 2.15. The van der Waals surface area contributed by atoms with Crippen LogP contribution in [0.25, 0.3) is 6.20 Å². The van der Waals surface area contributed by atoms with Crippen molar-refractivity contribution in [2.24, 2.45) is 0 Å². The van der Waals surface area contributed by atoms with E-state index in [-0.39, 0.29) is 5.49 Å². The molecule has 62 valence electrons. The summed E-state index contributed by atoms with van der Waals surface area (Å²) >= 11 is 0. The summed E-state index contributed by atoms with van der Waals surface area (Å²) in [5, 5.41) is 15.6. The molecule has 0 saturated heterocycles. The van der Waals surface area contributed by atoms with Crippen molar-refractivity contribution in [2.75, 3.05) is 0 Å². The van der Waals surface area contributed by atoms with Gasteiger partial charge in [-0.1, -0.05) is 6.07 Å². The van der Waals surface area contributed by atoms with E-state index in [0.29, 0.717) is 0 Å². The second kappa shape index (κ2) is 3.52. The van der Waals surface area contributed by atoms with Gasteiger partial charge in [-0.2, -0.15) is 0 Å². The van der Waals surface area contributed by atoms with E-state index >= 15 is 0 Å². The predicted molar refractivity (Wildman–Crippen MR) is 43.3 cm³/mol. The van der Waals surface area contributed by atoms with E-state index in [0.717, 1.165) is 6.08 Å². The van der Waals surface area contributed by atoms with Crippen molar-refractivity contribution >= 4 is 12.2 Å². The Hall–Kier alpha value is -1.84. The molecule has 1 aromatic rings. The molecule has 0 atom stereocenters. The molecule has 1 heterocycles. The molecule has 1 aromatic heterocycles. The first-order chi connectivity index (χ1) is 5.70. The second-order valence-electron chi connectivity index (χ2n) is 2.15. The Bertz CT molecular complexity index is 365. The van der Waals surface area contributed by atoms with Gasteiger partial charge in [0, 0.05) is 18.5 Å². The number of aromatic nitrogens is 1. The quantitative estimate of drug-likeness (QED) is 0.626. The molecule has 0 saturated carbocycles. The summed E-state index contributed by atoms with van der Waals surface area (Å²) in [4.78, 5) is 10.1. The third kappa shape index (κ3) is 2.09. The monoisotopic (exact) mass is 164 g/mol. The summed E-state index contributed by atoms with van der Waals surface area (Å²) < 4.78 is 1.41. The molecule has 0 radical (unpaired) electrons. The van der Waals surface area contributed by atoms with Crippen LogP contribution >= 0.6 is 0 Å². The molecule has 2 N–H and O–H groups in total. The first-order valence-corrected chi connectivity index (χ1v) is 3.33.